The van der Waals surface area contributed by atoms with Crippen molar-refractivity contribution in [3.8, 4) is 0 Å². The van der Waals surface area contributed by atoms with E-state index in [1.54, 1.807) is 31.2 Å². The molecule has 1 N–H and O–H groups in total. The largest absolute Gasteiger partial charge is 0.479 e. The monoisotopic (exact) mass is 300 g/mol. The molecule has 20 heavy (non-hydrogen) atoms. The molecule has 1 aromatic carbocycles. The molecule has 5 nitrogen and oxygen atoms in total. The highest BCUT2D eigenvalue weighted by atomic mass is 35.5. The molecule has 0 bridgehead atoms. The summed E-state index contributed by atoms with van der Waals surface area (Å²) >= 11 is 5.81. The number of hydrogen-bond acceptors (Lipinski definition) is 4. The van der Waals surface area contributed by atoms with E-state index < -0.39 is 23.5 Å². The van der Waals surface area contributed by atoms with Gasteiger partial charge in [-0.05, 0) is 17.7 Å². The molecule has 0 aliphatic heterocycles. The minimum Gasteiger partial charge on any atom is -0.479 e. The molecule has 0 unspecified atom stereocenters. The highest BCUT2D eigenvalue weighted by Gasteiger charge is 2.46. The van der Waals surface area contributed by atoms with Crippen molar-refractivity contribution in [2.75, 3.05) is 14.2 Å². The van der Waals surface area contributed by atoms with Crippen molar-refractivity contribution in [2.45, 2.75) is 18.9 Å². The van der Waals surface area contributed by atoms with Crippen LogP contribution in [0, 0.1) is 5.92 Å². The van der Waals surface area contributed by atoms with Crippen LogP contribution in [-0.4, -0.2) is 31.3 Å². The number of aliphatic carboxylic acids is 1. The van der Waals surface area contributed by atoms with Crippen LogP contribution in [0.15, 0.2) is 24.3 Å². The Morgan fingerprint density at radius 3 is 2.25 bits per heavy atom. The summed E-state index contributed by atoms with van der Waals surface area (Å²) in [5, 5.41) is 10.1. The SMILES string of the molecule is COC(=O)C[C@@H](C)[C@@](OC)(C(=O)O)c1ccc(Cl)cc1. The number of esters is 1. The van der Waals surface area contributed by atoms with Crippen molar-refractivity contribution in [2.24, 2.45) is 5.92 Å². The zero-order valence-corrected chi connectivity index (χ0v) is 12.3. The van der Waals surface area contributed by atoms with Crippen molar-refractivity contribution in [1.82, 2.24) is 0 Å². The molecule has 2 atom stereocenters. The number of carbonyl (C=O) groups is 2. The summed E-state index contributed by atoms with van der Waals surface area (Å²) in [5.41, 5.74) is -1.20. The molecule has 1 rings (SSSR count). The van der Waals surface area contributed by atoms with Gasteiger partial charge in [0, 0.05) is 18.1 Å². The van der Waals surface area contributed by atoms with Gasteiger partial charge in [0.15, 0.2) is 5.60 Å². The lowest BCUT2D eigenvalue weighted by molar-refractivity contribution is -0.173. The zero-order chi connectivity index (χ0) is 15.3. The number of halogens is 1. The number of carboxylic acids is 1. The Morgan fingerprint density at radius 2 is 1.85 bits per heavy atom. The van der Waals surface area contributed by atoms with Gasteiger partial charge in [0.25, 0.3) is 0 Å². The lowest BCUT2D eigenvalue weighted by Crippen LogP contribution is -2.44. The van der Waals surface area contributed by atoms with Gasteiger partial charge in [-0.15, -0.1) is 0 Å². The molecule has 0 aliphatic carbocycles. The molecule has 6 heteroatoms. The molecular formula is C14H17ClO5. The second-order valence-corrected chi connectivity index (χ2v) is 4.87. The van der Waals surface area contributed by atoms with E-state index in [-0.39, 0.29) is 6.42 Å². The van der Waals surface area contributed by atoms with Crippen LogP contribution in [0.2, 0.25) is 5.02 Å². The molecule has 110 valence electrons. The first kappa shape index (κ1) is 16.5. The smallest absolute Gasteiger partial charge is 0.340 e. The maximum Gasteiger partial charge on any atom is 0.340 e. The standard InChI is InChI=1S/C14H17ClO5/c1-9(8-12(16)19-2)14(20-3,13(17)18)10-4-6-11(15)7-5-10/h4-7,9H,8H2,1-3H3,(H,17,18)/t9-,14+/m1/s1. The van der Waals surface area contributed by atoms with Crippen LogP contribution in [-0.2, 0) is 24.7 Å². The zero-order valence-electron chi connectivity index (χ0n) is 11.6. The van der Waals surface area contributed by atoms with E-state index in [2.05, 4.69) is 4.74 Å². The van der Waals surface area contributed by atoms with Gasteiger partial charge >= 0.3 is 11.9 Å². The quantitative estimate of drug-likeness (QED) is 0.817. The van der Waals surface area contributed by atoms with Crippen LogP contribution in [0.4, 0.5) is 0 Å². The Bertz CT molecular complexity index is 485. The Kier molecular flexibility index (Phi) is 5.53. The second kappa shape index (κ2) is 6.72. The Labute approximate surface area is 122 Å². The summed E-state index contributed by atoms with van der Waals surface area (Å²) in [6.45, 7) is 1.63. The predicted molar refractivity (Wildman–Crippen MR) is 73.6 cm³/mol. The van der Waals surface area contributed by atoms with Crippen LogP contribution in [0.5, 0.6) is 0 Å². The number of ether oxygens (including phenoxy) is 2. The van der Waals surface area contributed by atoms with Gasteiger partial charge in [0.2, 0.25) is 0 Å². The molecule has 0 saturated heterocycles. The first-order chi connectivity index (χ1) is 9.38. The van der Waals surface area contributed by atoms with Crippen LogP contribution in [0.1, 0.15) is 18.9 Å². The molecule has 0 aromatic heterocycles. The molecule has 0 spiro atoms. The number of carbonyl (C=O) groups excluding carboxylic acids is 1. The van der Waals surface area contributed by atoms with E-state index in [4.69, 9.17) is 16.3 Å². The fraction of sp³-hybridized carbons (Fsp3) is 0.429. The van der Waals surface area contributed by atoms with Gasteiger partial charge in [-0.25, -0.2) is 4.79 Å². The third-order valence-electron chi connectivity index (χ3n) is 3.31. The van der Waals surface area contributed by atoms with Crippen molar-refractivity contribution >= 4 is 23.5 Å². The lowest BCUT2D eigenvalue weighted by Gasteiger charge is -2.33. The fourth-order valence-corrected chi connectivity index (χ4v) is 2.33. The number of benzene rings is 1. The topological polar surface area (TPSA) is 72.8 Å². The molecule has 1 aromatic rings. The first-order valence-corrected chi connectivity index (χ1v) is 6.37. The van der Waals surface area contributed by atoms with E-state index >= 15 is 0 Å². The molecule has 0 amide bonds. The summed E-state index contributed by atoms with van der Waals surface area (Å²) < 4.78 is 9.87. The van der Waals surface area contributed by atoms with E-state index in [9.17, 15) is 14.7 Å². The molecular weight excluding hydrogens is 284 g/mol. The summed E-state index contributed by atoms with van der Waals surface area (Å²) in [4.78, 5) is 23.1. The van der Waals surface area contributed by atoms with Crippen LogP contribution >= 0.6 is 11.6 Å². The molecule has 0 aliphatic rings. The summed E-state index contributed by atoms with van der Waals surface area (Å²) in [7, 11) is 2.56. The van der Waals surface area contributed by atoms with Gasteiger partial charge < -0.3 is 14.6 Å². The summed E-state index contributed by atoms with van der Waals surface area (Å²) in [5.74, 6) is -2.27. The van der Waals surface area contributed by atoms with E-state index in [1.807, 2.05) is 0 Å². The Hall–Kier alpha value is -1.59. The van der Waals surface area contributed by atoms with E-state index in [0.29, 0.717) is 10.6 Å². The van der Waals surface area contributed by atoms with Gasteiger partial charge in [0.05, 0.1) is 13.5 Å². The van der Waals surface area contributed by atoms with Crippen LogP contribution in [0.3, 0.4) is 0 Å². The molecule has 0 saturated carbocycles. The van der Waals surface area contributed by atoms with Crippen molar-refractivity contribution in [3.63, 3.8) is 0 Å². The second-order valence-electron chi connectivity index (χ2n) is 4.43. The number of carboxylic acid groups (broad SMARTS) is 1. The minimum atomic E-state index is -1.63. The van der Waals surface area contributed by atoms with E-state index in [1.165, 1.54) is 14.2 Å². The van der Waals surface area contributed by atoms with Crippen LogP contribution in [0.25, 0.3) is 0 Å². The number of methoxy groups -OCH3 is 2. The normalized spacial score (nSPS) is 15.2. The molecule has 0 radical (unpaired) electrons. The minimum absolute atomic E-state index is 0.0702. The number of rotatable bonds is 6. The summed E-state index contributed by atoms with van der Waals surface area (Å²) in [6.07, 6.45) is -0.0702. The fourth-order valence-electron chi connectivity index (χ4n) is 2.20. The Morgan fingerprint density at radius 1 is 1.30 bits per heavy atom. The van der Waals surface area contributed by atoms with Crippen molar-refractivity contribution < 1.29 is 24.2 Å². The van der Waals surface area contributed by atoms with Crippen molar-refractivity contribution in [3.05, 3.63) is 34.9 Å². The molecule has 0 heterocycles. The average Bonchev–Trinajstić information content (AvgIpc) is 2.41. The third-order valence-corrected chi connectivity index (χ3v) is 3.56. The van der Waals surface area contributed by atoms with Crippen molar-refractivity contribution in [1.29, 1.82) is 0 Å². The maximum absolute atomic E-state index is 11.7. The Balaban J connectivity index is 3.24. The summed E-state index contributed by atoms with van der Waals surface area (Å²) in [6, 6.07) is 6.32. The number of hydrogen-bond donors (Lipinski definition) is 1. The van der Waals surface area contributed by atoms with Gasteiger partial charge in [-0.3, -0.25) is 4.79 Å². The van der Waals surface area contributed by atoms with Gasteiger partial charge in [-0.1, -0.05) is 30.7 Å². The predicted octanol–water partition coefficient (Wildman–Crippen LogP) is 2.47. The van der Waals surface area contributed by atoms with Gasteiger partial charge in [0.1, 0.15) is 0 Å². The lowest BCUT2D eigenvalue weighted by atomic mass is 9.80. The highest BCUT2D eigenvalue weighted by Crippen LogP contribution is 2.36. The highest BCUT2D eigenvalue weighted by molar-refractivity contribution is 6.30. The van der Waals surface area contributed by atoms with Gasteiger partial charge in [-0.2, -0.15) is 0 Å². The maximum atomic E-state index is 11.7. The first-order valence-electron chi connectivity index (χ1n) is 5.99. The molecule has 0 fully saturated rings. The van der Waals surface area contributed by atoms with Crippen LogP contribution < -0.4 is 0 Å². The third kappa shape index (κ3) is 3.11. The van der Waals surface area contributed by atoms with E-state index in [0.717, 1.165) is 0 Å². The average molecular weight is 301 g/mol.